The minimum atomic E-state index is -0.402. The van der Waals surface area contributed by atoms with Crippen LogP contribution in [-0.4, -0.2) is 19.9 Å². The van der Waals surface area contributed by atoms with Gasteiger partial charge in [-0.25, -0.2) is 0 Å². The van der Waals surface area contributed by atoms with E-state index in [0.717, 1.165) is 42.6 Å². The molecule has 0 radical (unpaired) electrons. The third-order valence-electron chi connectivity index (χ3n) is 4.75. The Bertz CT molecular complexity index is 657. The van der Waals surface area contributed by atoms with Gasteiger partial charge in [-0.1, -0.05) is 18.0 Å². The summed E-state index contributed by atoms with van der Waals surface area (Å²) in [6.07, 6.45) is 4.14. The predicted octanol–water partition coefficient (Wildman–Crippen LogP) is 2.72. The van der Waals surface area contributed by atoms with Crippen LogP contribution >= 0.6 is 12.4 Å². The van der Waals surface area contributed by atoms with Crippen molar-refractivity contribution in [2.24, 2.45) is 12.8 Å². The van der Waals surface area contributed by atoms with E-state index in [0.29, 0.717) is 11.7 Å². The Morgan fingerprint density at radius 2 is 1.91 bits per heavy atom. The summed E-state index contributed by atoms with van der Waals surface area (Å²) in [6, 6.07) is 0. The minimum absolute atomic E-state index is 0. The lowest BCUT2D eigenvalue weighted by Gasteiger charge is -2.17. The van der Waals surface area contributed by atoms with Crippen molar-refractivity contribution in [1.29, 1.82) is 0 Å². The van der Waals surface area contributed by atoms with E-state index < -0.39 is 5.54 Å². The van der Waals surface area contributed by atoms with Gasteiger partial charge in [-0.3, -0.25) is 4.68 Å². The number of rotatable bonds is 3. The van der Waals surface area contributed by atoms with Gasteiger partial charge in [-0.05, 0) is 33.6 Å². The number of aryl methyl sites for hydroxylation is 2. The Morgan fingerprint density at radius 1 is 1.27 bits per heavy atom. The van der Waals surface area contributed by atoms with E-state index in [1.807, 2.05) is 18.7 Å². The second-order valence-corrected chi connectivity index (χ2v) is 6.25. The molecule has 2 N–H and O–H groups in total. The molecule has 0 bridgehead atoms. The van der Waals surface area contributed by atoms with Crippen LogP contribution in [-0.2, 0) is 12.6 Å². The Kier molecular flexibility index (Phi) is 4.63. The second-order valence-electron chi connectivity index (χ2n) is 6.25. The topological polar surface area (TPSA) is 82.8 Å². The smallest absolute Gasteiger partial charge is 0.234 e. The molecule has 2 aromatic rings. The summed E-state index contributed by atoms with van der Waals surface area (Å²) in [5.74, 6) is 1.31. The summed E-state index contributed by atoms with van der Waals surface area (Å²) in [5.41, 5.74) is 9.28. The molecule has 1 aliphatic rings. The molecule has 1 aliphatic carbocycles. The quantitative estimate of drug-likeness (QED) is 0.938. The van der Waals surface area contributed by atoms with Gasteiger partial charge in [0.2, 0.25) is 5.89 Å². The molecule has 7 heteroatoms. The van der Waals surface area contributed by atoms with Crippen molar-refractivity contribution in [2.75, 3.05) is 0 Å². The van der Waals surface area contributed by atoms with Gasteiger partial charge < -0.3 is 10.3 Å². The highest BCUT2D eigenvalue weighted by Crippen LogP contribution is 2.36. The molecule has 6 nitrogen and oxygen atoms in total. The number of nitrogens with zero attached hydrogens (tertiary/aromatic N) is 4. The van der Waals surface area contributed by atoms with Gasteiger partial charge >= 0.3 is 0 Å². The molecular weight excluding hydrogens is 302 g/mol. The maximum atomic E-state index is 6.39. The summed E-state index contributed by atoms with van der Waals surface area (Å²) >= 11 is 0. The molecule has 1 saturated carbocycles. The van der Waals surface area contributed by atoms with Crippen LogP contribution in [0.5, 0.6) is 0 Å². The number of aromatic nitrogens is 4. The molecule has 122 valence electrons. The third-order valence-corrected chi connectivity index (χ3v) is 4.75. The maximum absolute atomic E-state index is 6.39. The Labute approximate surface area is 136 Å². The van der Waals surface area contributed by atoms with E-state index in [1.54, 1.807) is 0 Å². The van der Waals surface area contributed by atoms with Crippen LogP contribution in [0.3, 0.4) is 0 Å². The van der Waals surface area contributed by atoms with Gasteiger partial charge in [0.25, 0.3) is 0 Å². The summed E-state index contributed by atoms with van der Waals surface area (Å²) in [5, 5.41) is 8.60. The van der Waals surface area contributed by atoms with E-state index in [4.69, 9.17) is 10.3 Å². The van der Waals surface area contributed by atoms with Crippen LogP contribution < -0.4 is 5.73 Å². The highest BCUT2D eigenvalue weighted by Gasteiger charge is 2.36. The largest absolute Gasteiger partial charge is 0.339 e. The van der Waals surface area contributed by atoms with E-state index >= 15 is 0 Å². The van der Waals surface area contributed by atoms with Crippen LogP contribution in [0.2, 0.25) is 0 Å². The third kappa shape index (κ3) is 2.65. The summed E-state index contributed by atoms with van der Waals surface area (Å²) in [4.78, 5) is 4.59. The van der Waals surface area contributed by atoms with Crippen LogP contribution in [0, 0.1) is 13.8 Å². The van der Waals surface area contributed by atoms with Gasteiger partial charge in [0, 0.05) is 18.3 Å². The van der Waals surface area contributed by atoms with Crippen LogP contribution in [0.25, 0.3) is 0 Å². The zero-order chi connectivity index (χ0) is 15.2. The van der Waals surface area contributed by atoms with Crippen molar-refractivity contribution in [3.63, 3.8) is 0 Å². The Morgan fingerprint density at radius 3 is 2.45 bits per heavy atom. The zero-order valence-electron chi connectivity index (χ0n) is 13.6. The zero-order valence-corrected chi connectivity index (χ0v) is 14.4. The molecule has 0 aliphatic heterocycles. The van der Waals surface area contributed by atoms with E-state index in [2.05, 4.69) is 29.1 Å². The fraction of sp³-hybridized carbons (Fsp3) is 0.667. The average Bonchev–Trinajstić information content (AvgIpc) is 3.12. The lowest BCUT2D eigenvalue weighted by Crippen LogP contribution is -2.34. The molecule has 2 aromatic heterocycles. The number of hydrogen-bond donors (Lipinski definition) is 1. The van der Waals surface area contributed by atoms with Crippen molar-refractivity contribution in [3.8, 4) is 0 Å². The van der Waals surface area contributed by atoms with E-state index in [9.17, 15) is 0 Å². The van der Waals surface area contributed by atoms with Gasteiger partial charge in [-0.2, -0.15) is 10.1 Å². The maximum Gasteiger partial charge on any atom is 0.234 e. The van der Waals surface area contributed by atoms with E-state index in [-0.39, 0.29) is 18.3 Å². The standard InChI is InChI=1S/C15H23N5O.ClH/c1-9(12-10(2)18-20(4)11(12)3)13-17-14(19-21-13)15(16)7-5-6-8-15;/h9H,5-8,16H2,1-4H3;1H. The van der Waals surface area contributed by atoms with E-state index in [1.165, 1.54) is 0 Å². The first-order valence-electron chi connectivity index (χ1n) is 7.55. The molecule has 0 spiro atoms. The van der Waals surface area contributed by atoms with Gasteiger partial charge in [0.05, 0.1) is 17.2 Å². The summed E-state index contributed by atoms with van der Waals surface area (Å²) in [7, 11) is 1.95. The molecule has 0 amide bonds. The summed E-state index contributed by atoms with van der Waals surface area (Å²) < 4.78 is 7.39. The lowest BCUT2D eigenvalue weighted by molar-refractivity contribution is 0.343. The van der Waals surface area contributed by atoms with Gasteiger partial charge in [0.1, 0.15) is 0 Å². The second kappa shape index (κ2) is 6.01. The predicted molar refractivity (Wildman–Crippen MR) is 86.1 cm³/mol. The van der Waals surface area contributed by atoms with Crippen molar-refractivity contribution in [1.82, 2.24) is 19.9 Å². The molecule has 2 heterocycles. The number of nitrogens with two attached hydrogens (primary N) is 1. The molecule has 3 rings (SSSR count). The number of hydrogen-bond acceptors (Lipinski definition) is 5. The van der Waals surface area contributed by atoms with Gasteiger partial charge in [0.15, 0.2) is 5.82 Å². The molecule has 1 unspecified atom stereocenters. The van der Waals surface area contributed by atoms with Crippen molar-refractivity contribution >= 4 is 12.4 Å². The van der Waals surface area contributed by atoms with Crippen molar-refractivity contribution in [3.05, 3.63) is 28.7 Å². The Balaban J connectivity index is 0.00000176. The Hall–Kier alpha value is -1.40. The fourth-order valence-corrected chi connectivity index (χ4v) is 3.38. The normalized spacial score (nSPS) is 18.2. The molecular formula is C15H24ClN5O. The molecule has 1 atom stereocenters. The molecule has 1 fully saturated rings. The van der Waals surface area contributed by atoms with Crippen molar-refractivity contribution in [2.45, 2.75) is 57.9 Å². The minimum Gasteiger partial charge on any atom is -0.339 e. The van der Waals surface area contributed by atoms with Crippen LogP contribution in [0.15, 0.2) is 4.52 Å². The molecule has 0 saturated heterocycles. The first kappa shape index (κ1) is 17.0. The molecule has 0 aromatic carbocycles. The summed E-state index contributed by atoms with van der Waals surface area (Å²) in [6.45, 7) is 6.15. The van der Waals surface area contributed by atoms with Crippen molar-refractivity contribution < 1.29 is 4.52 Å². The highest BCUT2D eigenvalue weighted by atomic mass is 35.5. The number of halogens is 1. The van der Waals surface area contributed by atoms with Crippen LogP contribution in [0.1, 0.15) is 67.2 Å². The highest BCUT2D eigenvalue weighted by molar-refractivity contribution is 5.85. The molecule has 22 heavy (non-hydrogen) atoms. The monoisotopic (exact) mass is 325 g/mol. The first-order chi connectivity index (χ1) is 9.92. The first-order valence-corrected chi connectivity index (χ1v) is 7.55. The van der Waals surface area contributed by atoms with Crippen LogP contribution in [0.4, 0.5) is 0 Å². The lowest BCUT2D eigenvalue weighted by atomic mass is 9.97. The van der Waals surface area contributed by atoms with Gasteiger partial charge in [-0.15, -0.1) is 12.4 Å². The fourth-order valence-electron chi connectivity index (χ4n) is 3.38. The SMILES string of the molecule is Cc1nn(C)c(C)c1C(C)c1nc(C2(N)CCCC2)no1.Cl. The average molecular weight is 326 g/mol.